The Hall–Kier alpha value is -1.82. The van der Waals surface area contributed by atoms with Crippen molar-refractivity contribution in [2.24, 2.45) is 0 Å². The first-order valence-corrected chi connectivity index (χ1v) is 8.47. The molecule has 3 aromatic rings. The summed E-state index contributed by atoms with van der Waals surface area (Å²) in [5.74, 6) is -0.307. The maximum atomic E-state index is 11.7. The van der Waals surface area contributed by atoms with E-state index in [2.05, 4.69) is 26.2 Å². The maximum Gasteiger partial charge on any atom is 0.338 e. The lowest BCUT2D eigenvalue weighted by Crippen LogP contribution is -2.04. The van der Waals surface area contributed by atoms with Crippen LogP contribution in [0.1, 0.15) is 23.0 Å². The molecular weight excluding hydrogens is 439 g/mol. The lowest BCUT2D eigenvalue weighted by Gasteiger charge is -2.12. The second-order valence-corrected chi connectivity index (χ2v) is 6.31. The van der Waals surface area contributed by atoms with Crippen molar-refractivity contribution in [3.05, 3.63) is 64.3 Å². The second kappa shape index (κ2) is 9.76. The number of ether oxygens (including phenoxy) is 1. The molecule has 0 fully saturated rings. The van der Waals surface area contributed by atoms with E-state index in [0.717, 1.165) is 32.4 Å². The fourth-order valence-corrected chi connectivity index (χ4v) is 2.85. The average molecular weight is 458 g/mol. The van der Waals surface area contributed by atoms with Crippen LogP contribution in [-0.4, -0.2) is 17.6 Å². The number of aryl methyl sites for hydroxylation is 1. The number of halogens is 3. The zero-order chi connectivity index (χ0) is 17.1. The van der Waals surface area contributed by atoms with Crippen LogP contribution in [0.5, 0.6) is 0 Å². The van der Waals surface area contributed by atoms with E-state index in [9.17, 15) is 4.79 Å². The van der Waals surface area contributed by atoms with E-state index in [1.54, 1.807) is 19.1 Å². The Kier molecular flexibility index (Phi) is 8.34. The Balaban J connectivity index is 0.00000169. The highest BCUT2D eigenvalue weighted by Gasteiger charge is 2.08. The minimum Gasteiger partial charge on any atom is -0.462 e. The summed E-state index contributed by atoms with van der Waals surface area (Å²) < 4.78 is 6.00. The maximum absolute atomic E-state index is 11.7. The normalized spacial score (nSPS) is 9.81. The molecule has 26 heavy (non-hydrogen) atoms. The van der Waals surface area contributed by atoms with Gasteiger partial charge in [0.2, 0.25) is 0 Å². The van der Waals surface area contributed by atoms with E-state index >= 15 is 0 Å². The van der Waals surface area contributed by atoms with Crippen molar-refractivity contribution in [1.82, 2.24) is 4.98 Å². The Bertz CT molecular complexity index is 902. The van der Waals surface area contributed by atoms with Crippen LogP contribution in [0.25, 0.3) is 10.9 Å². The molecule has 0 aliphatic heterocycles. The molecule has 138 valence electrons. The van der Waals surface area contributed by atoms with E-state index < -0.39 is 0 Å². The third kappa shape index (κ3) is 5.10. The highest BCUT2D eigenvalue weighted by atomic mass is 79.9. The predicted molar refractivity (Wildman–Crippen MR) is 114 cm³/mol. The first-order valence-electron chi connectivity index (χ1n) is 7.68. The van der Waals surface area contributed by atoms with Gasteiger partial charge in [0, 0.05) is 26.9 Å². The molecule has 0 amide bonds. The molecule has 0 radical (unpaired) electrons. The summed E-state index contributed by atoms with van der Waals surface area (Å²) in [5.41, 5.74) is 4.29. The Labute approximate surface area is 173 Å². The molecule has 0 saturated heterocycles. The molecule has 1 N–H and O–H groups in total. The number of nitrogens with one attached hydrogen (secondary N) is 1. The van der Waals surface area contributed by atoms with E-state index in [1.165, 1.54) is 0 Å². The van der Waals surface area contributed by atoms with Crippen molar-refractivity contribution in [3.63, 3.8) is 0 Å². The van der Waals surface area contributed by atoms with Gasteiger partial charge in [-0.05, 0) is 62.4 Å². The smallest absolute Gasteiger partial charge is 0.338 e. The van der Waals surface area contributed by atoms with Gasteiger partial charge < -0.3 is 10.1 Å². The molecule has 0 aliphatic rings. The largest absolute Gasteiger partial charge is 0.462 e. The molecule has 1 heterocycles. The van der Waals surface area contributed by atoms with E-state index in [4.69, 9.17) is 4.74 Å². The summed E-state index contributed by atoms with van der Waals surface area (Å²) in [5, 5.41) is 4.43. The van der Waals surface area contributed by atoms with Crippen LogP contribution in [-0.2, 0) is 4.74 Å². The summed E-state index contributed by atoms with van der Waals surface area (Å²) in [4.78, 5) is 16.3. The van der Waals surface area contributed by atoms with Crippen molar-refractivity contribution in [2.75, 3.05) is 11.9 Å². The number of carbonyl (C=O) groups excluding carboxylic acids is 1. The number of carbonyl (C=O) groups is 1. The fraction of sp³-hybridized carbons (Fsp3) is 0.158. The van der Waals surface area contributed by atoms with Gasteiger partial charge in [0.1, 0.15) is 0 Å². The van der Waals surface area contributed by atoms with Gasteiger partial charge in [0.25, 0.3) is 0 Å². The molecule has 0 spiro atoms. The number of anilines is 2. The van der Waals surface area contributed by atoms with Crippen LogP contribution in [0.3, 0.4) is 0 Å². The Morgan fingerprint density at radius 1 is 1.12 bits per heavy atom. The quantitative estimate of drug-likeness (QED) is 0.483. The van der Waals surface area contributed by atoms with Gasteiger partial charge in [-0.15, -0.1) is 24.8 Å². The Morgan fingerprint density at radius 3 is 2.46 bits per heavy atom. The van der Waals surface area contributed by atoms with Crippen LogP contribution in [0.4, 0.5) is 11.4 Å². The molecule has 1 aromatic heterocycles. The minimum atomic E-state index is -0.307. The standard InChI is InChI=1S/C19H17BrN2O2.2ClH/c1-3-24-19(23)13-4-7-15(8-5-13)22-18-10-12(2)21-17-9-6-14(20)11-16(17)18;;/h4-11H,3H2,1-2H3,(H,21,22);2*1H. The zero-order valence-electron chi connectivity index (χ0n) is 14.3. The monoisotopic (exact) mass is 456 g/mol. The lowest BCUT2D eigenvalue weighted by atomic mass is 10.1. The van der Waals surface area contributed by atoms with Crippen molar-refractivity contribution in [1.29, 1.82) is 0 Å². The van der Waals surface area contributed by atoms with Crippen LogP contribution < -0.4 is 5.32 Å². The third-order valence-corrected chi connectivity index (χ3v) is 4.07. The molecule has 0 saturated carbocycles. The highest BCUT2D eigenvalue weighted by Crippen LogP contribution is 2.29. The summed E-state index contributed by atoms with van der Waals surface area (Å²) in [6.07, 6.45) is 0. The average Bonchev–Trinajstić information content (AvgIpc) is 2.56. The molecule has 0 aliphatic carbocycles. The molecule has 0 unspecified atom stereocenters. The van der Waals surface area contributed by atoms with Crippen molar-refractivity contribution >= 4 is 69.0 Å². The molecule has 2 aromatic carbocycles. The van der Waals surface area contributed by atoms with E-state index in [-0.39, 0.29) is 30.8 Å². The number of nitrogens with zero attached hydrogens (tertiary/aromatic N) is 1. The number of rotatable bonds is 4. The SMILES string of the molecule is CCOC(=O)c1ccc(Nc2cc(C)nc3ccc(Br)cc23)cc1.Cl.Cl. The highest BCUT2D eigenvalue weighted by molar-refractivity contribution is 9.10. The van der Waals surface area contributed by atoms with E-state index in [1.807, 2.05) is 43.3 Å². The number of hydrogen-bond donors (Lipinski definition) is 1. The summed E-state index contributed by atoms with van der Waals surface area (Å²) >= 11 is 3.50. The second-order valence-electron chi connectivity index (χ2n) is 5.40. The van der Waals surface area contributed by atoms with Gasteiger partial charge in [-0.2, -0.15) is 0 Å². The van der Waals surface area contributed by atoms with Gasteiger partial charge in [-0.1, -0.05) is 15.9 Å². The fourth-order valence-electron chi connectivity index (χ4n) is 2.49. The number of fused-ring (bicyclic) bond motifs is 1. The van der Waals surface area contributed by atoms with E-state index in [0.29, 0.717) is 12.2 Å². The number of hydrogen-bond acceptors (Lipinski definition) is 4. The summed E-state index contributed by atoms with van der Waals surface area (Å²) in [6.45, 7) is 4.13. The Morgan fingerprint density at radius 2 is 1.81 bits per heavy atom. The number of pyridine rings is 1. The molecule has 0 bridgehead atoms. The van der Waals surface area contributed by atoms with Gasteiger partial charge in [0.05, 0.1) is 17.7 Å². The van der Waals surface area contributed by atoms with Gasteiger partial charge >= 0.3 is 5.97 Å². The van der Waals surface area contributed by atoms with Crippen molar-refractivity contribution < 1.29 is 9.53 Å². The molecule has 4 nitrogen and oxygen atoms in total. The molecule has 0 atom stereocenters. The molecule has 3 rings (SSSR count). The third-order valence-electron chi connectivity index (χ3n) is 3.57. The molecular formula is C19H19BrCl2N2O2. The number of benzene rings is 2. The van der Waals surface area contributed by atoms with Crippen LogP contribution in [0, 0.1) is 6.92 Å². The first kappa shape index (κ1) is 22.2. The van der Waals surface area contributed by atoms with Crippen molar-refractivity contribution in [2.45, 2.75) is 13.8 Å². The van der Waals surface area contributed by atoms with Crippen LogP contribution in [0.2, 0.25) is 0 Å². The van der Waals surface area contributed by atoms with Crippen LogP contribution >= 0.6 is 40.7 Å². The number of esters is 1. The minimum absolute atomic E-state index is 0. The number of aromatic nitrogens is 1. The van der Waals surface area contributed by atoms with Crippen LogP contribution in [0.15, 0.2) is 53.0 Å². The molecule has 7 heteroatoms. The van der Waals surface area contributed by atoms with Gasteiger partial charge in [-0.3, -0.25) is 4.98 Å². The van der Waals surface area contributed by atoms with Gasteiger partial charge in [-0.25, -0.2) is 4.79 Å². The first-order chi connectivity index (χ1) is 11.6. The lowest BCUT2D eigenvalue weighted by molar-refractivity contribution is 0.0526. The predicted octanol–water partition coefficient (Wildman–Crippen LogP) is 6.07. The van der Waals surface area contributed by atoms with Gasteiger partial charge in [0.15, 0.2) is 0 Å². The summed E-state index contributed by atoms with van der Waals surface area (Å²) in [6, 6.07) is 15.3. The van der Waals surface area contributed by atoms with Crippen molar-refractivity contribution in [3.8, 4) is 0 Å². The zero-order valence-corrected chi connectivity index (χ0v) is 17.5. The topological polar surface area (TPSA) is 51.2 Å². The summed E-state index contributed by atoms with van der Waals surface area (Å²) in [7, 11) is 0.